The molecule has 0 saturated carbocycles. The summed E-state index contributed by atoms with van der Waals surface area (Å²) in [7, 11) is 6.15. The number of benzene rings is 4. The SMILES string of the molecule is COc1ccc(-c2cnoc2-c2cc(OC)c(OC)c(OC)c2)cc1OC(=O)N1CCN(Cc2ccc(-c3c(-c4cc(C(C)C)c(O)cc4O)n[nH]c3C)cc2)CC1. The van der Waals surface area contributed by atoms with Gasteiger partial charge in [-0.3, -0.25) is 10.00 Å². The fourth-order valence-electron chi connectivity index (χ4n) is 7.30. The van der Waals surface area contributed by atoms with Crippen molar-refractivity contribution < 1.29 is 43.2 Å². The number of amides is 1. The summed E-state index contributed by atoms with van der Waals surface area (Å²) in [6, 6.07) is 20.3. The number of nitrogens with one attached hydrogen (secondary N) is 1. The summed E-state index contributed by atoms with van der Waals surface area (Å²) in [6.07, 6.45) is 1.13. The van der Waals surface area contributed by atoms with Gasteiger partial charge in [0.25, 0.3) is 0 Å². The molecule has 0 aliphatic carbocycles. The van der Waals surface area contributed by atoms with Crippen molar-refractivity contribution in [3.63, 3.8) is 0 Å². The Morgan fingerprint density at radius 1 is 0.776 bits per heavy atom. The van der Waals surface area contributed by atoms with Crippen molar-refractivity contribution in [1.29, 1.82) is 0 Å². The number of aromatic hydroxyl groups is 2. The first-order chi connectivity index (χ1) is 28.0. The quantitative estimate of drug-likeness (QED) is 0.109. The number of rotatable bonds is 12. The lowest BCUT2D eigenvalue weighted by Gasteiger charge is -2.34. The predicted octanol–water partition coefficient (Wildman–Crippen LogP) is 8.26. The third-order valence-corrected chi connectivity index (χ3v) is 10.4. The zero-order valence-electron chi connectivity index (χ0n) is 33.6. The van der Waals surface area contributed by atoms with Crippen LogP contribution in [0.2, 0.25) is 0 Å². The van der Waals surface area contributed by atoms with Gasteiger partial charge >= 0.3 is 6.09 Å². The summed E-state index contributed by atoms with van der Waals surface area (Å²) in [4.78, 5) is 17.5. The predicted molar refractivity (Wildman–Crippen MR) is 218 cm³/mol. The van der Waals surface area contributed by atoms with E-state index in [0.29, 0.717) is 89.4 Å². The number of H-pyrrole nitrogens is 1. The molecule has 14 heteroatoms. The van der Waals surface area contributed by atoms with Crippen LogP contribution in [0.3, 0.4) is 0 Å². The molecule has 1 aliphatic heterocycles. The molecule has 302 valence electrons. The number of carbonyl (C=O) groups excluding carboxylic acids is 1. The lowest BCUT2D eigenvalue weighted by molar-refractivity contribution is 0.107. The van der Waals surface area contributed by atoms with Gasteiger partial charge in [0.15, 0.2) is 28.8 Å². The Kier molecular flexibility index (Phi) is 11.5. The molecule has 1 aliphatic rings. The molecule has 14 nitrogen and oxygen atoms in total. The van der Waals surface area contributed by atoms with Gasteiger partial charge in [-0.25, -0.2) is 4.79 Å². The normalized spacial score (nSPS) is 13.1. The van der Waals surface area contributed by atoms with E-state index in [2.05, 4.69) is 44.5 Å². The van der Waals surface area contributed by atoms with E-state index in [-0.39, 0.29) is 23.2 Å². The number of ether oxygens (including phenoxy) is 5. The number of aromatic amines is 1. The van der Waals surface area contributed by atoms with Crippen LogP contribution in [0.1, 0.15) is 36.6 Å². The Labute approximate surface area is 336 Å². The fraction of sp³-hybridized carbons (Fsp3) is 0.295. The van der Waals surface area contributed by atoms with Gasteiger partial charge in [-0.15, -0.1) is 0 Å². The standard InChI is InChI=1S/C44H47N5O9/c1-25(2)31-21-32(35(51)22-34(31)50)41-40(26(3)46-47-41)28-10-8-27(9-11-28)24-48-14-16-49(17-15-48)44(52)57-37-18-29(12-13-36(37)53-4)33-23-45-58-42(33)30-19-38(54-5)43(56-7)39(20-30)55-6/h8-13,18-23,25,50-51H,14-17,24H2,1-7H3,(H,46,47). The molecule has 1 fully saturated rings. The van der Waals surface area contributed by atoms with Crippen LogP contribution in [-0.4, -0.2) is 96.1 Å². The number of phenols is 2. The zero-order valence-corrected chi connectivity index (χ0v) is 33.6. The Balaban J connectivity index is 1.01. The van der Waals surface area contributed by atoms with E-state index in [1.165, 1.54) is 20.3 Å². The van der Waals surface area contributed by atoms with Crippen LogP contribution in [0.15, 0.2) is 77.4 Å². The smallest absolute Gasteiger partial charge is 0.415 e. The van der Waals surface area contributed by atoms with Crippen LogP contribution in [0, 0.1) is 6.92 Å². The van der Waals surface area contributed by atoms with Gasteiger partial charge in [-0.2, -0.15) is 5.10 Å². The van der Waals surface area contributed by atoms with Gasteiger partial charge in [0.1, 0.15) is 17.2 Å². The lowest BCUT2D eigenvalue weighted by Crippen LogP contribution is -2.49. The van der Waals surface area contributed by atoms with E-state index >= 15 is 0 Å². The number of phenolic OH excluding ortho intramolecular Hbond substituents is 2. The largest absolute Gasteiger partial charge is 0.508 e. The van der Waals surface area contributed by atoms with Crippen molar-refractivity contribution in [3.05, 3.63) is 89.7 Å². The summed E-state index contributed by atoms with van der Waals surface area (Å²) in [6.45, 7) is 8.94. The monoisotopic (exact) mass is 789 g/mol. The van der Waals surface area contributed by atoms with E-state index in [0.717, 1.165) is 27.9 Å². The summed E-state index contributed by atoms with van der Waals surface area (Å²) < 4.78 is 33.8. The van der Waals surface area contributed by atoms with Crippen molar-refractivity contribution in [1.82, 2.24) is 25.2 Å². The summed E-state index contributed by atoms with van der Waals surface area (Å²) in [5, 5.41) is 32.8. The van der Waals surface area contributed by atoms with Gasteiger partial charge in [-0.1, -0.05) is 49.3 Å². The molecule has 58 heavy (non-hydrogen) atoms. The average molecular weight is 790 g/mol. The first-order valence-electron chi connectivity index (χ1n) is 18.9. The molecule has 3 N–H and O–H groups in total. The first-order valence-corrected chi connectivity index (χ1v) is 18.9. The second-order valence-corrected chi connectivity index (χ2v) is 14.3. The molecule has 2 aromatic heterocycles. The number of piperazine rings is 1. The van der Waals surface area contributed by atoms with Crippen molar-refractivity contribution in [2.45, 2.75) is 33.2 Å². The van der Waals surface area contributed by atoms with Crippen molar-refractivity contribution >= 4 is 6.09 Å². The van der Waals surface area contributed by atoms with Crippen LogP contribution in [-0.2, 0) is 6.54 Å². The molecule has 0 radical (unpaired) electrons. The molecule has 6 aromatic rings. The maximum Gasteiger partial charge on any atom is 0.415 e. The molecular formula is C44H47N5O9. The summed E-state index contributed by atoms with van der Waals surface area (Å²) in [5.74, 6) is 2.61. The van der Waals surface area contributed by atoms with Crippen molar-refractivity contribution in [2.75, 3.05) is 54.6 Å². The molecule has 0 spiro atoms. The lowest BCUT2D eigenvalue weighted by atomic mass is 9.94. The van der Waals surface area contributed by atoms with Gasteiger partial charge in [-0.05, 0) is 65.4 Å². The van der Waals surface area contributed by atoms with Crippen molar-refractivity contribution in [2.24, 2.45) is 0 Å². The Morgan fingerprint density at radius 3 is 2.07 bits per heavy atom. The van der Waals surface area contributed by atoms with Crippen LogP contribution in [0.5, 0.6) is 40.2 Å². The number of nitrogens with zero attached hydrogens (tertiary/aromatic N) is 4. The topological polar surface area (TPSA) is 165 Å². The van der Waals surface area contributed by atoms with Crippen molar-refractivity contribution in [3.8, 4) is 85.1 Å². The second kappa shape index (κ2) is 16.8. The third-order valence-electron chi connectivity index (χ3n) is 10.4. The average Bonchev–Trinajstić information content (AvgIpc) is 3.88. The third kappa shape index (κ3) is 7.83. The zero-order chi connectivity index (χ0) is 41.1. The second-order valence-electron chi connectivity index (χ2n) is 14.3. The van der Waals surface area contributed by atoms with E-state index in [9.17, 15) is 15.0 Å². The van der Waals surface area contributed by atoms with Crippen LogP contribution in [0.25, 0.3) is 44.8 Å². The highest BCUT2D eigenvalue weighted by molar-refractivity contribution is 5.86. The number of aryl methyl sites for hydroxylation is 1. The number of methoxy groups -OCH3 is 4. The highest BCUT2D eigenvalue weighted by Crippen LogP contribution is 2.45. The highest BCUT2D eigenvalue weighted by atomic mass is 16.6. The van der Waals surface area contributed by atoms with Crippen LogP contribution in [0.4, 0.5) is 4.79 Å². The van der Waals surface area contributed by atoms with Gasteiger partial charge in [0.2, 0.25) is 5.75 Å². The Hall–Kier alpha value is -6.67. The molecule has 1 saturated heterocycles. The Morgan fingerprint density at radius 2 is 1.43 bits per heavy atom. The molecule has 0 bridgehead atoms. The summed E-state index contributed by atoms with van der Waals surface area (Å²) in [5.41, 5.74) is 7.76. The molecule has 7 rings (SSSR count). The minimum absolute atomic E-state index is 0.0311. The molecule has 1 amide bonds. The van der Waals surface area contributed by atoms with E-state index < -0.39 is 6.09 Å². The Bertz CT molecular complexity index is 2390. The number of carbonyl (C=O) groups is 1. The number of hydrogen-bond donors (Lipinski definition) is 3. The minimum atomic E-state index is -0.471. The number of aromatic nitrogens is 3. The molecular weight excluding hydrogens is 743 g/mol. The van der Waals surface area contributed by atoms with E-state index in [1.54, 1.807) is 55.6 Å². The fourth-order valence-corrected chi connectivity index (χ4v) is 7.30. The maximum atomic E-state index is 13.5. The van der Waals surface area contributed by atoms with Gasteiger partial charge < -0.3 is 43.3 Å². The highest BCUT2D eigenvalue weighted by Gasteiger charge is 2.26. The summed E-state index contributed by atoms with van der Waals surface area (Å²) >= 11 is 0. The number of hydrogen-bond acceptors (Lipinski definition) is 12. The first kappa shape index (κ1) is 39.6. The maximum absolute atomic E-state index is 13.5. The van der Waals surface area contributed by atoms with Gasteiger partial charge in [0.05, 0.1) is 34.6 Å². The molecule has 3 heterocycles. The van der Waals surface area contributed by atoms with Crippen LogP contribution < -0.4 is 23.7 Å². The molecule has 0 atom stereocenters. The molecule has 0 unspecified atom stereocenters. The molecule has 4 aromatic carbocycles. The van der Waals surface area contributed by atoms with E-state index in [1.807, 2.05) is 26.8 Å². The minimum Gasteiger partial charge on any atom is -0.508 e. The van der Waals surface area contributed by atoms with E-state index in [4.69, 9.17) is 28.2 Å². The van der Waals surface area contributed by atoms with Gasteiger partial charge in [0, 0.05) is 66.7 Å². The van der Waals surface area contributed by atoms with Crippen LogP contribution >= 0.6 is 0 Å².